The van der Waals surface area contributed by atoms with Crippen LogP contribution in [-0.2, 0) is 32.7 Å². The van der Waals surface area contributed by atoms with E-state index in [4.69, 9.17) is 24.3 Å². The molecular formula is C38H70NO8P. The second kappa shape index (κ2) is 35.1. The summed E-state index contributed by atoms with van der Waals surface area (Å²) in [6.45, 7) is 3.63. The fourth-order valence-electron chi connectivity index (χ4n) is 4.89. The number of carbonyl (C=O) groups is 2. The van der Waals surface area contributed by atoms with E-state index in [1.165, 1.54) is 44.9 Å². The Balaban J connectivity index is 4.26. The highest BCUT2D eigenvalue weighted by Crippen LogP contribution is 2.43. The van der Waals surface area contributed by atoms with Crippen molar-refractivity contribution >= 4 is 19.8 Å². The predicted molar refractivity (Wildman–Crippen MR) is 197 cm³/mol. The van der Waals surface area contributed by atoms with E-state index < -0.39 is 32.5 Å². The summed E-state index contributed by atoms with van der Waals surface area (Å²) >= 11 is 0. The number of rotatable bonds is 35. The van der Waals surface area contributed by atoms with Gasteiger partial charge in [-0.2, -0.15) is 0 Å². The van der Waals surface area contributed by atoms with Gasteiger partial charge in [0.2, 0.25) is 0 Å². The average Bonchev–Trinajstić information content (AvgIpc) is 3.07. The van der Waals surface area contributed by atoms with Gasteiger partial charge in [0.15, 0.2) is 6.10 Å². The van der Waals surface area contributed by atoms with Gasteiger partial charge >= 0.3 is 19.8 Å². The summed E-state index contributed by atoms with van der Waals surface area (Å²) < 4.78 is 32.6. The van der Waals surface area contributed by atoms with Crippen LogP contribution in [0.1, 0.15) is 162 Å². The number of phosphoric ester groups is 1. The molecule has 48 heavy (non-hydrogen) atoms. The van der Waals surface area contributed by atoms with Crippen LogP contribution < -0.4 is 5.73 Å². The number of esters is 2. The number of hydrogen-bond acceptors (Lipinski definition) is 8. The maximum absolute atomic E-state index is 12.5. The molecule has 0 saturated carbocycles. The van der Waals surface area contributed by atoms with Gasteiger partial charge in [-0.05, 0) is 70.6 Å². The third-order valence-electron chi connectivity index (χ3n) is 7.75. The van der Waals surface area contributed by atoms with Crippen molar-refractivity contribution in [3.8, 4) is 0 Å². The minimum atomic E-state index is -4.37. The van der Waals surface area contributed by atoms with Gasteiger partial charge in [0, 0.05) is 19.4 Å². The SMILES string of the molecule is CCCCC/C=C\C/C=C\CCCCCCCC(=O)OC[C@H](COP(=O)(O)OCCN)OC(=O)CCCCCCC/C=C\CCCCC. The smallest absolute Gasteiger partial charge is 0.462 e. The van der Waals surface area contributed by atoms with E-state index >= 15 is 0 Å². The van der Waals surface area contributed by atoms with E-state index in [0.717, 1.165) is 77.0 Å². The normalized spacial score (nSPS) is 13.8. The lowest BCUT2D eigenvalue weighted by molar-refractivity contribution is -0.161. The van der Waals surface area contributed by atoms with Crippen LogP contribution in [0.25, 0.3) is 0 Å². The zero-order valence-corrected chi connectivity index (χ0v) is 31.4. The van der Waals surface area contributed by atoms with Gasteiger partial charge in [-0.15, -0.1) is 0 Å². The standard InChI is InChI=1S/C38H70NO8P/c1-3-5-7-9-11-13-15-17-18-19-21-22-24-26-28-30-37(40)44-34-36(35-46-48(42,43)45-33-32-39)47-38(41)31-29-27-25-23-20-16-14-12-10-8-6-4-2/h11-14,17-18,36H,3-10,15-16,19-35,39H2,1-2H3,(H,42,43)/b13-11-,14-12-,18-17-/t36-/m1/s1. The summed E-state index contributed by atoms with van der Waals surface area (Å²) in [5.74, 6) is -0.858. The van der Waals surface area contributed by atoms with Crippen LogP contribution in [0.15, 0.2) is 36.5 Å². The summed E-state index contributed by atoms with van der Waals surface area (Å²) in [6.07, 6.45) is 36.0. The fraction of sp³-hybridized carbons (Fsp3) is 0.789. The molecule has 280 valence electrons. The molecule has 0 aromatic heterocycles. The molecule has 0 radical (unpaired) electrons. The molecule has 0 fully saturated rings. The van der Waals surface area contributed by atoms with E-state index in [1.807, 2.05) is 0 Å². The highest BCUT2D eigenvalue weighted by molar-refractivity contribution is 7.47. The van der Waals surface area contributed by atoms with Crippen molar-refractivity contribution in [3.63, 3.8) is 0 Å². The molecule has 3 N–H and O–H groups in total. The zero-order valence-electron chi connectivity index (χ0n) is 30.5. The summed E-state index contributed by atoms with van der Waals surface area (Å²) in [5.41, 5.74) is 5.32. The lowest BCUT2D eigenvalue weighted by atomic mass is 10.1. The summed E-state index contributed by atoms with van der Waals surface area (Å²) in [6, 6.07) is 0. The highest BCUT2D eigenvalue weighted by Gasteiger charge is 2.25. The van der Waals surface area contributed by atoms with E-state index in [1.54, 1.807) is 0 Å². The molecule has 1 unspecified atom stereocenters. The number of carbonyl (C=O) groups excluding carboxylic acids is 2. The molecule has 0 bridgehead atoms. The molecule has 0 aromatic carbocycles. The topological polar surface area (TPSA) is 134 Å². The Morgan fingerprint density at radius 2 is 1.08 bits per heavy atom. The molecule has 0 saturated heterocycles. The number of allylic oxidation sites excluding steroid dienone is 6. The van der Waals surface area contributed by atoms with Crippen molar-refractivity contribution < 1.29 is 37.6 Å². The van der Waals surface area contributed by atoms with Crippen molar-refractivity contribution in [2.24, 2.45) is 5.73 Å². The second-order valence-electron chi connectivity index (χ2n) is 12.4. The predicted octanol–water partition coefficient (Wildman–Crippen LogP) is 10.2. The van der Waals surface area contributed by atoms with Crippen molar-refractivity contribution in [1.82, 2.24) is 0 Å². The summed E-state index contributed by atoms with van der Waals surface area (Å²) in [4.78, 5) is 34.7. The second-order valence-corrected chi connectivity index (χ2v) is 13.9. The summed E-state index contributed by atoms with van der Waals surface area (Å²) in [7, 11) is -4.37. The van der Waals surface area contributed by atoms with Crippen LogP contribution in [0.3, 0.4) is 0 Å². The molecule has 9 nitrogen and oxygen atoms in total. The quantitative estimate of drug-likeness (QED) is 0.0287. The number of nitrogens with two attached hydrogens (primary N) is 1. The maximum atomic E-state index is 12.5. The Bertz CT molecular complexity index is 892. The van der Waals surface area contributed by atoms with Crippen LogP contribution in [-0.4, -0.2) is 49.3 Å². The number of ether oxygens (including phenoxy) is 2. The van der Waals surface area contributed by atoms with Gasteiger partial charge in [-0.1, -0.05) is 115 Å². The lowest BCUT2D eigenvalue weighted by Crippen LogP contribution is -2.29. The Morgan fingerprint density at radius 3 is 1.60 bits per heavy atom. The first-order valence-corrected chi connectivity index (χ1v) is 20.5. The zero-order chi connectivity index (χ0) is 35.4. The molecule has 10 heteroatoms. The van der Waals surface area contributed by atoms with Gasteiger partial charge in [0.1, 0.15) is 6.61 Å². The third-order valence-corrected chi connectivity index (χ3v) is 8.73. The molecular weight excluding hydrogens is 629 g/mol. The third kappa shape index (κ3) is 34.1. The van der Waals surface area contributed by atoms with Gasteiger partial charge in [0.05, 0.1) is 13.2 Å². The number of unbranched alkanes of at least 4 members (excludes halogenated alkanes) is 16. The van der Waals surface area contributed by atoms with Gasteiger partial charge < -0.3 is 20.1 Å². The molecule has 0 aliphatic carbocycles. The van der Waals surface area contributed by atoms with Crippen LogP contribution >= 0.6 is 7.82 Å². The number of phosphoric acid groups is 1. The molecule has 0 spiro atoms. The number of hydrogen-bond donors (Lipinski definition) is 2. The van der Waals surface area contributed by atoms with E-state index in [9.17, 15) is 19.0 Å². The molecule has 0 aliphatic heterocycles. The first-order chi connectivity index (χ1) is 23.3. The van der Waals surface area contributed by atoms with Gasteiger partial charge in [0.25, 0.3) is 0 Å². The van der Waals surface area contributed by atoms with Crippen molar-refractivity contribution in [2.45, 2.75) is 168 Å². The fourth-order valence-corrected chi connectivity index (χ4v) is 5.66. The monoisotopic (exact) mass is 699 g/mol. The van der Waals surface area contributed by atoms with E-state index in [2.05, 4.69) is 50.3 Å². The van der Waals surface area contributed by atoms with Crippen molar-refractivity contribution in [2.75, 3.05) is 26.4 Å². The lowest BCUT2D eigenvalue weighted by Gasteiger charge is -2.19. The van der Waals surface area contributed by atoms with Crippen LogP contribution in [0.5, 0.6) is 0 Å². The Hall–Kier alpha value is -1.77. The van der Waals surface area contributed by atoms with Gasteiger partial charge in [-0.25, -0.2) is 4.57 Å². The Labute approximate surface area is 293 Å². The molecule has 0 rings (SSSR count). The first kappa shape index (κ1) is 46.2. The Kier molecular flexibility index (Phi) is 33.8. The molecule has 0 aliphatic rings. The molecule has 0 amide bonds. The largest absolute Gasteiger partial charge is 0.472 e. The molecule has 2 atom stereocenters. The van der Waals surface area contributed by atoms with Crippen molar-refractivity contribution in [3.05, 3.63) is 36.5 Å². The van der Waals surface area contributed by atoms with E-state index in [-0.39, 0.29) is 32.6 Å². The van der Waals surface area contributed by atoms with Crippen LogP contribution in [0, 0.1) is 0 Å². The molecule has 0 heterocycles. The minimum Gasteiger partial charge on any atom is -0.462 e. The molecule has 0 aromatic rings. The van der Waals surface area contributed by atoms with E-state index in [0.29, 0.717) is 12.8 Å². The Morgan fingerprint density at radius 1 is 0.625 bits per heavy atom. The van der Waals surface area contributed by atoms with Gasteiger partial charge in [-0.3, -0.25) is 18.6 Å². The van der Waals surface area contributed by atoms with Crippen LogP contribution in [0.4, 0.5) is 0 Å². The van der Waals surface area contributed by atoms with Crippen molar-refractivity contribution in [1.29, 1.82) is 0 Å². The average molecular weight is 700 g/mol. The summed E-state index contributed by atoms with van der Waals surface area (Å²) in [5, 5.41) is 0. The highest BCUT2D eigenvalue weighted by atomic mass is 31.2. The first-order valence-electron chi connectivity index (χ1n) is 19.0. The van der Waals surface area contributed by atoms with Crippen LogP contribution in [0.2, 0.25) is 0 Å². The minimum absolute atomic E-state index is 0.0495. The maximum Gasteiger partial charge on any atom is 0.472 e.